The van der Waals surface area contributed by atoms with Crippen molar-refractivity contribution in [2.24, 2.45) is 0 Å². The third kappa shape index (κ3) is 14.0. The lowest BCUT2D eigenvalue weighted by atomic mass is 10.0. The molecule has 4 rings (SSSR count). The molecule has 1 heterocycles. The minimum Gasteiger partial charge on any atom is -0.479 e. The van der Waals surface area contributed by atoms with E-state index in [-0.39, 0.29) is 57.7 Å². The van der Waals surface area contributed by atoms with Crippen LogP contribution < -0.4 is 15.5 Å². The van der Waals surface area contributed by atoms with Gasteiger partial charge >= 0.3 is 30.3 Å². The molecular formula is C46H58FN5O12S. The number of carbonyl (C=O) groups excluding carboxylic acids is 4. The molecule has 1 aromatic heterocycles. The summed E-state index contributed by atoms with van der Waals surface area (Å²) in [4.78, 5) is 70.8. The SMILES string of the molecule is CC(C)S(=O)(=O)c1ccc(NC(=O)OCCc2ccc(C(Nc3ccc4ccnc(N(C(=O)OC(C)(C)C)C(=O)OC(C)(C)C)c4c3F)C(=O)O)cc2)cc1CN(C)C(=O)OC(C)(C)C. The molecule has 1 unspecified atom stereocenters. The van der Waals surface area contributed by atoms with E-state index < -0.39 is 79.9 Å². The molecule has 17 nitrogen and oxygen atoms in total. The van der Waals surface area contributed by atoms with Crippen molar-refractivity contribution in [1.29, 1.82) is 0 Å². The van der Waals surface area contributed by atoms with Crippen LogP contribution in [0.15, 0.2) is 71.8 Å². The highest BCUT2D eigenvalue weighted by atomic mass is 32.2. The summed E-state index contributed by atoms with van der Waals surface area (Å²) >= 11 is 0. The zero-order valence-corrected chi connectivity index (χ0v) is 39.5. The van der Waals surface area contributed by atoms with Crippen molar-refractivity contribution >= 4 is 68.1 Å². The van der Waals surface area contributed by atoms with Crippen LogP contribution in [0.25, 0.3) is 10.8 Å². The molecule has 0 saturated carbocycles. The largest absolute Gasteiger partial charge is 0.479 e. The first-order chi connectivity index (χ1) is 30.0. The number of rotatable bonds is 13. The first-order valence-corrected chi connectivity index (χ1v) is 22.2. The van der Waals surface area contributed by atoms with Gasteiger partial charge in [-0.15, -0.1) is 0 Å². The lowest BCUT2D eigenvalue weighted by Gasteiger charge is -2.28. The van der Waals surface area contributed by atoms with Crippen molar-refractivity contribution in [2.75, 3.05) is 29.2 Å². The summed E-state index contributed by atoms with van der Waals surface area (Å²) in [5, 5.41) is 14.8. The standard InChI is InChI=1S/C46H58FN5O12S/c1-27(2)65(59,60)34-20-18-32(25-31(34)26-51(12)41(56)62-44(3,4)5)49-40(55)61-24-22-28-13-15-30(16-14-28)37(39(53)54)50-33-19-17-29-21-23-48-38(35(29)36(33)47)52(42(57)63-45(6,7)8)43(58)64-46(9,10)11/h13-21,23,25,27,37,50H,22,24,26H2,1-12H3,(H,49,55)(H,53,54). The molecule has 19 heteroatoms. The van der Waals surface area contributed by atoms with Crippen molar-refractivity contribution < 1.29 is 60.8 Å². The van der Waals surface area contributed by atoms with Gasteiger partial charge in [0.15, 0.2) is 27.5 Å². The first-order valence-electron chi connectivity index (χ1n) is 20.6. The highest BCUT2D eigenvalue weighted by Gasteiger charge is 2.36. The minimum atomic E-state index is -3.77. The number of hydrogen-bond acceptors (Lipinski definition) is 13. The summed E-state index contributed by atoms with van der Waals surface area (Å²) < 4.78 is 64.6. The molecule has 4 amide bonds. The topological polar surface area (TPSA) is 220 Å². The zero-order valence-electron chi connectivity index (χ0n) is 38.7. The van der Waals surface area contributed by atoms with Gasteiger partial charge in [-0.25, -0.2) is 41.8 Å². The number of halogens is 1. The number of fused-ring (bicyclic) bond motifs is 1. The molecule has 3 N–H and O–H groups in total. The van der Waals surface area contributed by atoms with Gasteiger partial charge in [-0.2, -0.15) is 4.90 Å². The molecule has 0 saturated heterocycles. The number of imide groups is 1. The number of pyridine rings is 1. The molecule has 0 aliphatic heterocycles. The summed E-state index contributed by atoms with van der Waals surface area (Å²) in [5.41, 5.74) is -1.76. The molecule has 0 aliphatic rings. The molecule has 3 aromatic carbocycles. The van der Waals surface area contributed by atoms with Crippen LogP contribution in [0.3, 0.4) is 0 Å². The van der Waals surface area contributed by atoms with Crippen LogP contribution in [0, 0.1) is 5.82 Å². The molecule has 65 heavy (non-hydrogen) atoms. The van der Waals surface area contributed by atoms with E-state index in [1.54, 1.807) is 74.4 Å². The average molecular weight is 924 g/mol. The monoisotopic (exact) mass is 923 g/mol. The molecule has 0 radical (unpaired) electrons. The Bertz CT molecular complexity index is 2500. The van der Waals surface area contributed by atoms with Gasteiger partial charge in [0.05, 0.1) is 34.4 Å². The van der Waals surface area contributed by atoms with Crippen LogP contribution >= 0.6 is 0 Å². The third-order valence-corrected chi connectivity index (χ3v) is 11.3. The predicted molar refractivity (Wildman–Crippen MR) is 242 cm³/mol. The number of carboxylic acids is 1. The van der Waals surface area contributed by atoms with Crippen molar-refractivity contribution in [1.82, 2.24) is 9.88 Å². The van der Waals surface area contributed by atoms with Crippen LogP contribution in [0.1, 0.15) is 98.9 Å². The van der Waals surface area contributed by atoms with E-state index in [1.807, 2.05) is 0 Å². The number of aromatic nitrogens is 1. The molecule has 0 bridgehead atoms. The van der Waals surface area contributed by atoms with E-state index >= 15 is 4.39 Å². The number of nitrogens with one attached hydrogen (secondary N) is 2. The maximum atomic E-state index is 16.6. The van der Waals surface area contributed by atoms with Gasteiger partial charge in [-0.3, -0.25) is 5.32 Å². The number of sulfone groups is 1. The quantitative estimate of drug-likeness (QED) is 0.106. The van der Waals surface area contributed by atoms with Crippen molar-refractivity contribution in [3.63, 3.8) is 0 Å². The lowest BCUT2D eigenvalue weighted by Crippen LogP contribution is -2.44. The molecule has 1 atom stereocenters. The fourth-order valence-electron chi connectivity index (χ4n) is 6.06. The van der Waals surface area contributed by atoms with Crippen LogP contribution in [-0.2, 0) is 46.5 Å². The summed E-state index contributed by atoms with van der Waals surface area (Å²) in [6.45, 7) is 17.5. The van der Waals surface area contributed by atoms with Crippen LogP contribution in [-0.4, -0.2) is 89.5 Å². The van der Waals surface area contributed by atoms with Gasteiger partial charge < -0.3 is 34.3 Å². The number of nitrogens with zero attached hydrogens (tertiary/aromatic N) is 3. The van der Waals surface area contributed by atoms with Gasteiger partial charge in [0, 0.05) is 25.4 Å². The molecule has 0 fully saturated rings. The van der Waals surface area contributed by atoms with Crippen LogP contribution in [0.5, 0.6) is 0 Å². The second-order valence-corrected chi connectivity index (χ2v) is 20.8. The van der Waals surface area contributed by atoms with E-state index in [1.165, 1.54) is 80.5 Å². The van der Waals surface area contributed by atoms with Crippen molar-refractivity contribution in [2.45, 2.75) is 122 Å². The van der Waals surface area contributed by atoms with Gasteiger partial charge in [0.2, 0.25) is 0 Å². The second-order valence-electron chi connectivity index (χ2n) is 18.4. The van der Waals surface area contributed by atoms with E-state index in [0.717, 1.165) is 0 Å². The normalized spacial score (nSPS) is 12.5. The van der Waals surface area contributed by atoms with E-state index in [4.69, 9.17) is 18.9 Å². The second kappa shape index (κ2) is 20.1. The number of carboxylic acid groups (broad SMARTS) is 1. The van der Waals surface area contributed by atoms with Crippen LogP contribution in [0.4, 0.5) is 40.8 Å². The van der Waals surface area contributed by atoms with Gasteiger partial charge in [-0.1, -0.05) is 30.3 Å². The number of anilines is 3. The number of carbonyl (C=O) groups is 5. The maximum absolute atomic E-state index is 16.6. The molecule has 352 valence electrons. The molecule has 0 spiro atoms. The van der Waals surface area contributed by atoms with Gasteiger partial charge in [0.1, 0.15) is 16.8 Å². The first kappa shape index (κ1) is 51.1. The Balaban J connectivity index is 1.50. The summed E-state index contributed by atoms with van der Waals surface area (Å²) in [7, 11) is -2.30. The number of ether oxygens (including phenoxy) is 4. The van der Waals surface area contributed by atoms with E-state index in [2.05, 4.69) is 15.6 Å². The van der Waals surface area contributed by atoms with Gasteiger partial charge in [0.25, 0.3) is 0 Å². The molecular weight excluding hydrogens is 866 g/mol. The van der Waals surface area contributed by atoms with Gasteiger partial charge in [-0.05, 0) is 129 Å². The smallest absolute Gasteiger partial charge is 0.425 e. The Morgan fingerprint density at radius 1 is 0.800 bits per heavy atom. The van der Waals surface area contributed by atoms with Crippen molar-refractivity contribution in [3.05, 3.63) is 89.4 Å². The van der Waals surface area contributed by atoms with E-state index in [9.17, 15) is 37.5 Å². The minimum absolute atomic E-state index is 0.00127. The summed E-state index contributed by atoms with van der Waals surface area (Å²) in [6.07, 6.45) is -2.33. The molecule has 0 aliphatic carbocycles. The Morgan fingerprint density at radius 3 is 1.91 bits per heavy atom. The number of benzene rings is 3. The zero-order chi connectivity index (χ0) is 48.8. The fraction of sp³-hybridized carbons (Fsp3) is 0.435. The number of aliphatic carboxylic acids is 1. The average Bonchev–Trinajstić information content (AvgIpc) is 3.16. The van der Waals surface area contributed by atoms with Crippen molar-refractivity contribution in [3.8, 4) is 0 Å². The number of hydrogen-bond donors (Lipinski definition) is 3. The lowest BCUT2D eigenvalue weighted by molar-refractivity contribution is -0.138. The predicted octanol–water partition coefficient (Wildman–Crippen LogP) is 9.63. The highest BCUT2D eigenvalue weighted by Crippen LogP contribution is 2.35. The Hall–Kier alpha value is -6.50. The fourth-order valence-corrected chi connectivity index (χ4v) is 7.32. The Labute approximate surface area is 378 Å². The summed E-state index contributed by atoms with van der Waals surface area (Å²) in [6, 6.07) is 13.3. The van der Waals surface area contributed by atoms with E-state index in [0.29, 0.717) is 10.5 Å². The summed E-state index contributed by atoms with van der Waals surface area (Å²) in [5.74, 6) is -2.77. The van der Waals surface area contributed by atoms with Crippen LogP contribution in [0.2, 0.25) is 0 Å². The number of amides is 4. The third-order valence-electron chi connectivity index (χ3n) is 9.04. The highest BCUT2D eigenvalue weighted by molar-refractivity contribution is 7.92. The Morgan fingerprint density at radius 2 is 1.37 bits per heavy atom. The molecule has 4 aromatic rings. The Kier molecular flexibility index (Phi) is 15.8. The maximum Gasteiger partial charge on any atom is 0.425 e.